The first-order valence-electron chi connectivity index (χ1n) is 5.06. The van der Waals surface area contributed by atoms with E-state index < -0.39 is 10.0 Å². The van der Waals surface area contributed by atoms with Gasteiger partial charge in [0.15, 0.2) is 0 Å². The Morgan fingerprint density at radius 3 is 2.59 bits per heavy atom. The maximum absolute atomic E-state index is 11.5. The largest absolute Gasteiger partial charge is 0.369 e. The number of nitrogens with zero attached hydrogens (tertiary/aromatic N) is 3. The summed E-state index contributed by atoms with van der Waals surface area (Å²) < 4.78 is 24.2. The monoisotopic (exact) mass is 259 g/mol. The van der Waals surface area contributed by atoms with Gasteiger partial charge in [0, 0.05) is 32.4 Å². The van der Waals surface area contributed by atoms with Crippen molar-refractivity contribution >= 4 is 21.8 Å². The number of aryl methyl sites for hydroxylation is 1. The lowest BCUT2D eigenvalue weighted by Crippen LogP contribution is -2.28. The number of sulfonamides is 1. The van der Waals surface area contributed by atoms with Gasteiger partial charge in [0.05, 0.1) is 5.75 Å². The SMILES string of the molecule is Cc1cc(NCCS(=O)(=O)N(C)C)nc(N)n1. The Morgan fingerprint density at radius 2 is 2.06 bits per heavy atom. The standard InChI is InChI=1S/C9H17N5O2S/c1-7-6-8(13-9(10)12-7)11-4-5-17(15,16)14(2)3/h6H,4-5H2,1-3H3,(H3,10,11,12,13). The summed E-state index contributed by atoms with van der Waals surface area (Å²) in [5.41, 5.74) is 6.21. The fourth-order valence-corrected chi connectivity index (χ4v) is 1.90. The molecule has 1 aromatic heterocycles. The summed E-state index contributed by atoms with van der Waals surface area (Å²) >= 11 is 0. The summed E-state index contributed by atoms with van der Waals surface area (Å²) in [6.07, 6.45) is 0. The molecule has 0 amide bonds. The predicted octanol–water partition coefficient (Wildman–Crippen LogP) is -0.329. The van der Waals surface area contributed by atoms with Crippen molar-refractivity contribution in [1.82, 2.24) is 14.3 Å². The van der Waals surface area contributed by atoms with Gasteiger partial charge in [-0.2, -0.15) is 4.98 Å². The molecule has 1 aromatic rings. The Morgan fingerprint density at radius 1 is 1.41 bits per heavy atom. The van der Waals surface area contributed by atoms with Crippen LogP contribution in [-0.4, -0.2) is 49.1 Å². The van der Waals surface area contributed by atoms with Crippen LogP contribution in [0.5, 0.6) is 0 Å². The van der Waals surface area contributed by atoms with Gasteiger partial charge in [-0.3, -0.25) is 0 Å². The van der Waals surface area contributed by atoms with Crippen LogP contribution in [0.25, 0.3) is 0 Å². The molecule has 0 spiro atoms. The van der Waals surface area contributed by atoms with Crippen LogP contribution < -0.4 is 11.1 Å². The van der Waals surface area contributed by atoms with Crippen LogP contribution in [0.15, 0.2) is 6.07 Å². The Bertz CT molecular complexity index is 466. The molecule has 0 radical (unpaired) electrons. The molecule has 96 valence electrons. The smallest absolute Gasteiger partial charge is 0.222 e. The second-order valence-electron chi connectivity index (χ2n) is 3.78. The van der Waals surface area contributed by atoms with E-state index in [1.165, 1.54) is 18.4 Å². The number of nitrogens with one attached hydrogen (secondary N) is 1. The zero-order valence-electron chi connectivity index (χ0n) is 10.1. The van der Waals surface area contributed by atoms with Crippen LogP contribution in [0.4, 0.5) is 11.8 Å². The maximum Gasteiger partial charge on any atom is 0.222 e. The van der Waals surface area contributed by atoms with Crippen LogP contribution in [0.1, 0.15) is 5.69 Å². The van der Waals surface area contributed by atoms with Gasteiger partial charge in [-0.1, -0.05) is 0 Å². The lowest BCUT2D eigenvalue weighted by Gasteiger charge is -2.12. The number of anilines is 2. The Balaban J connectivity index is 2.57. The molecule has 0 atom stereocenters. The number of rotatable bonds is 5. The average Bonchev–Trinajstić information content (AvgIpc) is 2.15. The summed E-state index contributed by atoms with van der Waals surface area (Å²) in [6, 6.07) is 1.71. The topological polar surface area (TPSA) is 101 Å². The number of nitrogen functional groups attached to an aromatic ring is 1. The van der Waals surface area contributed by atoms with E-state index in [9.17, 15) is 8.42 Å². The highest BCUT2D eigenvalue weighted by Crippen LogP contribution is 2.06. The molecule has 0 bridgehead atoms. The molecule has 0 saturated heterocycles. The van der Waals surface area contributed by atoms with E-state index >= 15 is 0 Å². The molecule has 0 aliphatic rings. The third-order valence-corrected chi connectivity index (χ3v) is 3.93. The van der Waals surface area contributed by atoms with Crippen molar-refractivity contribution in [2.45, 2.75) is 6.92 Å². The van der Waals surface area contributed by atoms with Crippen molar-refractivity contribution in [3.63, 3.8) is 0 Å². The van der Waals surface area contributed by atoms with Gasteiger partial charge in [0.1, 0.15) is 5.82 Å². The molecule has 1 heterocycles. The molecule has 0 aromatic carbocycles. The predicted molar refractivity (Wildman–Crippen MR) is 67.1 cm³/mol. The third kappa shape index (κ3) is 4.16. The number of hydrogen-bond acceptors (Lipinski definition) is 6. The first-order chi connectivity index (χ1) is 7.81. The van der Waals surface area contributed by atoms with Gasteiger partial charge in [0.25, 0.3) is 0 Å². The minimum atomic E-state index is -3.19. The van der Waals surface area contributed by atoms with Crippen molar-refractivity contribution in [3.05, 3.63) is 11.8 Å². The Hall–Kier alpha value is -1.41. The van der Waals surface area contributed by atoms with Gasteiger partial charge in [-0.05, 0) is 6.92 Å². The van der Waals surface area contributed by atoms with Gasteiger partial charge < -0.3 is 11.1 Å². The Labute approximate surface area is 101 Å². The minimum Gasteiger partial charge on any atom is -0.369 e. The normalized spacial score (nSPS) is 11.8. The molecular formula is C9H17N5O2S. The highest BCUT2D eigenvalue weighted by molar-refractivity contribution is 7.89. The van der Waals surface area contributed by atoms with Crippen molar-refractivity contribution in [2.75, 3.05) is 37.4 Å². The van der Waals surface area contributed by atoms with Gasteiger partial charge in [-0.25, -0.2) is 17.7 Å². The summed E-state index contributed by atoms with van der Waals surface area (Å²) in [4.78, 5) is 7.87. The fraction of sp³-hybridized carbons (Fsp3) is 0.556. The van der Waals surface area contributed by atoms with E-state index in [0.29, 0.717) is 5.82 Å². The molecular weight excluding hydrogens is 242 g/mol. The molecule has 0 saturated carbocycles. The van der Waals surface area contributed by atoms with E-state index in [0.717, 1.165) is 5.69 Å². The molecule has 8 heteroatoms. The van der Waals surface area contributed by atoms with Crippen LogP contribution in [0.2, 0.25) is 0 Å². The van der Waals surface area contributed by atoms with Crippen LogP contribution in [-0.2, 0) is 10.0 Å². The first-order valence-corrected chi connectivity index (χ1v) is 6.67. The summed E-state index contributed by atoms with van der Waals surface area (Å²) in [7, 11) is -0.188. The maximum atomic E-state index is 11.5. The minimum absolute atomic E-state index is 0.00293. The highest BCUT2D eigenvalue weighted by atomic mass is 32.2. The van der Waals surface area contributed by atoms with Crippen molar-refractivity contribution in [3.8, 4) is 0 Å². The molecule has 0 unspecified atom stereocenters. The Kier molecular flexibility index (Phi) is 4.24. The van der Waals surface area contributed by atoms with Gasteiger partial charge >= 0.3 is 0 Å². The summed E-state index contributed by atoms with van der Waals surface area (Å²) in [5.74, 6) is 0.704. The second kappa shape index (κ2) is 5.28. The van der Waals surface area contributed by atoms with Crippen molar-refractivity contribution in [1.29, 1.82) is 0 Å². The molecule has 7 nitrogen and oxygen atoms in total. The molecule has 0 aliphatic heterocycles. The molecule has 0 fully saturated rings. The van der Waals surface area contributed by atoms with E-state index in [4.69, 9.17) is 5.73 Å². The van der Waals surface area contributed by atoms with E-state index in [1.54, 1.807) is 13.0 Å². The van der Waals surface area contributed by atoms with E-state index in [2.05, 4.69) is 15.3 Å². The van der Waals surface area contributed by atoms with Gasteiger partial charge in [0.2, 0.25) is 16.0 Å². The molecule has 1 rings (SSSR count). The lowest BCUT2D eigenvalue weighted by atomic mass is 10.4. The number of hydrogen-bond donors (Lipinski definition) is 2. The van der Waals surface area contributed by atoms with Crippen LogP contribution in [0.3, 0.4) is 0 Å². The summed E-state index contributed by atoms with van der Waals surface area (Å²) in [5, 5.41) is 2.90. The molecule has 17 heavy (non-hydrogen) atoms. The highest BCUT2D eigenvalue weighted by Gasteiger charge is 2.12. The zero-order chi connectivity index (χ0) is 13.1. The van der Waals surface area contributed by atoms with Crippen LogP contribution in [0, 0.1) is 6.92 Å². The molecule has 3 N–H and O–H groups in total. The second-order valence-corrected chi connectivity index (χ2v) is 6.08. The van der Waals surface area contributed by atoms with Gasteiger partial charge in [-0.15, -0.1) is 0 Å². The quantitative estimate of drug-likeness (QED) is 0.751. The zero-order valence-corrected chi connectivity index (χ0v) is 11.0. The fourth-order valence-electron chi connectivity index (χ4n) is 1.17. The van der Waals surface area contributed by atoms with Crippen molar-refractivity contribution < 1.29 is 8.42 Å². The summed E-state index contributed by atoms with van der Waals surface area (Å²) in [6.45, 7) is 2.07. The third-order valence-electron chi connectivity index (χ3n) is 2.09. The van der Waals surface area contributed by atoms with Crippen molar-refractivity contribution in [2.24, 2.45) is 0 Å². The first kappa shape index (κ1) is 13.7. The average molecular weight is 259 g/mol. The van der Waals surface area contributed by atoms with E-state index in [1.807, 2.05) is 0 Å². The number of aromatic nitrogens is 2. The van der Waals surface area contributed by atoms with E-state index in [-0.39, 0.29) is 18.2 Å². The van der Waals surface area contributed by atoms with Crippen LogP contribution >= 0.6 is 0 Å². The number of nitrogens with two attached hydrogens (primary N) is 1. The molecule has 0 aliphatic carbocycles. The lowest BCUT2D eigenvalue weighted by molar-refractivity contribution is 0.521.